The zero-order valence-corrected chi connectivity index (χ0v) is 19.0. The maximum atomic E-state index is 12.8. The van der Waals surface area contributed by atoms with Crippen molar-refractivity contribution in [3.63, 3.8) is 0 Å². The molecule has 0 atom stereocenters. The van der Waals surface area contributed by atoms with Crippen LogP contribution in [0.3, 0.4) is 0 Å². The number of aryl methyl sites for hydroxylation is 1. The van der Waals surface area contributed by atoms with E-state index in [0.29, 0.717) is 37.4 Å². The largest absolute Gasteiger partial charge is 0.416 e. The van der Waals surface area contributed by atoms with Crippen LogP contribution in [0.4, 0.5) is 35.2 Å². The van der Waals surface area contributed by atoms with Gasteiger partial charge in [0.15, 0.2) is 0 Å². The first-order valence-corrected chi connectivity index (χ1v) is 11.0. The van der Waals surface area contributed by atoms with Crippen molar-refractivity contribution < 1.29 is 22.8 Å². The minimum absolute atomic E-state index is 0.0225. The van der Waals surface area contributed by atoms with Crippen molar-refractivity contribution in [2.75, 3.05) is 41.7 Å². The number of anilines is 3. The molecule has 2 aromatic carbocycles. The van der Waals surface area contributed by atoms with E-state index in [1.807, 2.05) is 36.1 Å². The summed E-state index contributed by atoms with van der Waals surface area (Å²) in [6.07, 6.45) is -2.93. The molecule has 0 saturated carbocycles. The number of piperazine rings is 1. The molecular weight excluding hydrogens is 459 g/mol. The predicted molar refractivity (Wildman–Crippen MR) is 128 cm³/mol. The van der Waals surface area contributed by atoms with Gasteiger partial charge in [0.2, 0.25) is 0 Å². The Morgan fingerprint density at radius 1 is 0.857 bits per heavy atom. The number of rotatable bonds is 4. The Bertz CT molecular complexity index is 1190. The lowest BCUT2D eigenvalue weighted by atomic mass is 10.1. The molecule has 0 bridgehead atoms. The van der Waals surface area contributed by atoms with Crippen molar-refractivity contribution in [2.45, 2.75) is 13.1 Å². The maximum Gasteiger partial charge on any atom is 0.416 e. The second-order valence-corrected chi connectivity index (χ2v) is 8.15. The first kappa shape index (κ1) is 24.1. The molecule has 1 aliphatic rings. The minimum atomic E-state index is -4.43. The molecule has 35 heavy (non-hydrogen) atoms. The summed E-state index contributed by atoms with van der Waals surface area (Å²) in [4.78, 5) is 33.3. The van der Waals surface area contributed by atoms with Crippen LogP contribution in [0, 0.1) is 6.92 Å². The highest BCUT2D eigenvalue weighted by atomic mass is 19.4. The Labute approximate surface area is 200 Å². The molecule has 1 saturated heterocycles. The summed E-state index contributed by atoms with van der Waals surface area (Å²) in [7, 11) is 0. The normalized spacial score (nSPS) is 13.9. The third-order valence-corrected chi connectivity index (χ3v) is 5.74. The van der Waals surface area contributed by atoms with Crippen LogP contribution < -0.4 is 15.5 Å². The fourth-order valence-electron chi connectivity index (χ4n) is 3.80. The molecule has 10 heteroatoms. The molecular formula is C25H24F3N5O2. The van der Waals surface area contributed by atoms with Crippen molar-refractivity contribution in [2.24, 2.45) is 0 Å². The topological polar surface area (TPSA) is 77.6 Å². The summed E-state index contributed by atoms with van der Waals surface area (Å²) < 4.78 is 37.9. The number of pyridine rings is 1. The Morgan fingerprint density at radius 3 is 2.09 bits per heavy atom. The van der Waals surface area contributed by atoms with Crippen molar-refractivity contribution in [3.05, 3.63) is 83.6 Å². The van der Waals surface area contributed by atoms with Gasteiger partial charge in [-0.3, -0.25) is 4.79 Å². The maximum absolute atomic E-state index is 12.8. The molecule has 1 fully saturated rings. The lowest BCUT2D eigenvalue weighted by Crippen LogP contribution is -2.49. The van der Waals surface area contributed by atoms with Gasteiger partial charge in [-0.2, -0.15) is 13.2 Å². The van der Waals surface area contributed by atoms with Gasteiger partial charge in [-0.25, -0.2) is 9.78 Å². The highest BCUT2D eigenvalue weighted by Crippen LogP contribution is 2.29. The lowest BCUT2D eigenvalue weighted by Gasteiger charge is -2.35. The Balaban J connectivity index is 1.29. The van der Waals surface area contributed by atoms with Gasteiger partial charge in [0, 0.05) is 37.4 Å². The van der Waals surface area contributed by atoms with Gasteiger partial charge < -0.3 is 20.4 Å². The van der Waals surface area contributed by atoms with Gasteiger partial charge in [0.05, 0.1) is 17.4 Å². The number of hydrogen-bond donors (Lipinski definition) is 2. The Hall–Kier alpha value is -4.08. The Morgan fingerprint density at radius 2 is 1.49 bits per heavy atom. The summed E-state index contributed by atoms with van der Waals surface area (Å²) >= 11 is 0. The monoisotopic (exact) mass is 483 g/mol. The molecule has 2 heterocycles. The summed E-state index contributed by atoms with van der Waals surface area (Å²) in [5.74, 6) is 0.746. The van der Waals surface area contributed by atoms with Gasteiger partial charge in [-0.05, 0) is 55.0 Å². The summed E-state index contributed by atoms with van der Waals surface area (Å²) in [5, 5.41) is 5.09. The molecule has 3 aromatic rings. The van der Waals surface area contributed by atoms with Crippen molar-refractivity contribution in [3.8, 4) is 0 Å². The van der Waals surface area contributed by atoms with Gasteiger partial charge in [-0.1, -0.05) is 18.2 Å². The standard InChI is InChI=1S/C25H24F3N5O2/c1-17-4-2-3-5-21(17)23(34)33-14-12-32(13-15-33)22-11-10-20(16-29-22)31-24(35)30-19-8-6-18(7-9-19)25(26,27)28/h2-11,16H,12-15H2,1H3,(H2,30,31,35). The first-order valence-electron chi connectivity index (χ1n) is 11.0. The van der Waals surface area contributed by atoms with E-state index in [9.17, 15) is 22.8 Å². The van der Waals surface area contributed by atoms with Crippen LogP contribution in [0.1, 0.15) is 21.5 Å². The lowest BCUT2D eigenvalue weighted by molar-refractivity contribution is -0.137. The fourth-order valence-corrected chi connectivity index (χ4v) is 3.80. The van der Waals surface area contributed by atoms with E-state index in [0.717, 1.165) is 23.5 Å². The molecule has 1 aliphatic heterocycles. The molecule has 4 rings (SSSR count). The van der Waals surface area contributed by atoms with E-state index >= 15 is 0 Å². The summed E-state index contributed by atoms with van der Waals surface area (Å²) in [5.41, 5.74) is 1.55. The highest BCUT2D eigenvalue weighted by Gasteiger charge is 2.30. The molecule has 0 aliphatic carbocycles. The van der Waals surface area contributed by atoms with Crippen LogP contribution in [0.2, 0.25) is 0 Å². The average Bonchev–Trinajstić information content (AvgIpc) is 2.84. The third kappa shape index (κ3) is 5.89. The number of hydrogen-bond acceptors (Lipinski definition) is 4. The van der Waals surface area contributed by atoms with Crippen molar-refractivity contribution >= 4 is 29.1 Å². The number of benzene rings is 2. The number of aromatic nitrogens is 1. The number of nitrogens with zero attached hydrogens (tertiary/aromatic N) is 3. The van der Waals surface area contributed by atoms with E-state index in [1.165, 1.54) is 18.3 Å². The number of alkyl halides is 3. The fraction of sp³-hybridized carbons (Fsp3) is 0.240. The second-order valence-electron chi connectivity index (χ2n) is 8.15. The van der Waals surface area contributed by atoms with Crippen LogP contribution in [-0.4, -0.2) is 48.0 Å². The number of carbonyl (C=O) groups is 2. The van der Waals surface area contributed by atoms with Crippen molar-refractivity contribution in [1.29, 1.82) is 0 Å². The van der Waals surface area contributed by atoms with Crippen LogP contribution in [0.25, 0.3) is 0 Å². The van der Waals surface area contributed by atoms with Gasteiger partial charge in [0.1, 0.15) is 5.82 Å². The third-order valence-electron chi connectivity index (χ3n) is 5.74. The van der Waals surface area contributed by atoms with E-state index in [2.05, 4.69) is 20.5 Å². The van der Waals surface area contributed by atoms with Crippen LogP contribution >= 0.6 is 0 Å². The zero-order valence-electron chi connectivity index (χ0n) is 19.0. The number of amides is 3. The Kier molecular flexibility index (Phi) is 6.90. The molecule has 3 amide bonds. The summed E-state index contributed by atoms with van der Waals surface area (Å²) in [6, 6.07) is 14.6. The minimum Gasteiger partial charge on any atom is -0.353 e. The number of urea groups is 1. The van der Waals surface area contributed by atoms with Gasteiger partial charge in [0.25, 0.3) is 5.91 Å². The molecule has 7 nitrogen and oxygen atoms in total. The molecule has 1 aromatic heterocycles. The quantitative estimate of drug-likeness (QED) is 0.547. The van der Waals surface area contributed by atoms with Gasteiger partial charge in [-0.15, -0.1) is 0 Å². The zero-order chi connectivity index (χ0) is 25.0. The number of carbonyl (C=O) groups excluding carboxylic acids is 2. The predicted octanol–water partition coefficient (Wildman–Crippen LogP) is 5.02. The van der Waals surface area contributed by atoms with Crippen LogP contribution in [0.15, 0.2) is 66.9 Å². The van der Waals surface area contributed by atoms with Crippen molar-refractivity contribution in [1.82, 2.24) is 9.88 Å². The van der Waals surface area contributed by atoms with E-state index in [4.69, 9.17) is 0 Å². The van der Waals surface area contributed by atoms with Gasteiger partial charge >= 0.3 is 12.2 Å². The molecule has 0 unspecified atom stereocenters. The van der Waals surface area contributed by atoms with Crippen LogP contribution in [-0.2, 0) is 6.18 Å². The molecule has 2 N–H and O–H groups in total. The number of nitrogens with one attached hydrogen (secondary N) is 2. The number of halogens is 3. The van der Waals surface area contributed by atoms with Crippen LogP contribution in [0.5, 0.6) is 0 Å². The average molecular weight is 483 g/mol. The molecule has 0 spiro atoms. The smallest absolute Gasteiger partial charge is 0.353 e. The highest BCUT2D eigenvalue weighted by molar-refractivity contribution is 5.99. The molecule has 182 valence electrons. The van der Waals surface area contributed by atoms with E-state index in [-0.39, 0.29) is 11.6 Å². The second kappa shape index (κ2) is 10.0. The first-order chi connectivity index (χ1) is 16.7. The van der Waals surface area contributed by atoms with E-state index < -0.39 is 17.8 Å². The molecule has 0 radical (unpaired) electrons. The SMILES string of the molecule is Cc1ccccc1C(=O)N1CCN(c2ccc(NC(=O)Nc3ccc(C(F)(F)F)cc3)cn2)CC1. The summed E-state index contributed by atoms with van der Waals surface area (Å²) in [6.45, 7) is 4.33. The van der Waals surface area contributed by atoms with E-state index in [1.54, 1.807) is 12.1 Å².